The summed E-state index contributed by atoms with van der Waals surface area (Å²) in [5.74, 6) is -0.634. The minimum Gasteiger partial charge on any atom is -0.351 e. The van der Waals surface area contributed by atoms with Crippen molar-refractivity contribution in [1.82, 2.24) is 20.1 Å². The van der Waals surface area contributed by atoms with E-state index in [2.05, 4.69) is 10.3 Å². The molecule has 188 valence electrons. The Bertz CT molecular complexity index is 1330. The van der Waals surface area contributed by atoms with E-state index in [0.717, 1.165) is 10.9 Å². The van der Waals surface area contributed by atoms with Crippen LogP contribution in [0, 0.1) is 5.41 Å². The van der Waals surface area contributed by atoms with E-state index in [1.54, 1.807) is 29.2 Å². The number of carbonyl (C=O) groups excluding carboxylic acids is 3. The van der Waals surface area contributed by atoms with Crippen LogP contribution >= 0.6 is 23.2 Å². The quantitative estimate of drug-likeness (QED) is 0.514. The van der Waals surface area contributed by atoms with E-state index in [1.165, 1.54) is 0 Å². The molecule has 2 bridgehead atoms. The molecule has 3 amide bonds. The van der Waals surface area contributed by atoms with Gasteiger partial charge in [0, 0.05) is 29.0 Å². The fourth-order valence-corrected chi connectivity index (χ4v) is 5.59. The molecule has 2 saturated heterocycles. The number of piperazine rings is 1. The normalized spacial score (nSPS) is 20.1. The van der Waals surface area contributed by atoms with E-state index >= 15 is 0 Å². The number of likely N-dealkylation sites (tertiary alicyclic amines) is 2. The van der Waals surface area contributed by atoms with Gasteiger partial charge in [0.05, 0.1) is 22.7 Å². The number of carbonyl (C=O) groups is 3. The number of halogens is 2. The lowest BCUT2D eigenvalue weighted by Crippen LogP contribution is -2.59. The second kappa shape index (κ2) is 9.12. The third-order valence-electron chi connectivity index (χ3n) is 7.11. The van der Waals surface area contributed by atoms with Crippen molar-refractivity contribution in [2.45, 2.75) is 45.3 Å². The molecule has 2 aromatic carbocycles. The Morgan fingerprint density at radius 2 is 1.69 bits per heavy atom. The van der Waals surface area contributed by atoms with Gasteiger partial charge in [-0.3, -0.25) is 14.4 Å². The summed E-state index contributed by atoms with van der Waals surface area (Å²) in [5.41, 5.74) is 1.14. The number of rotatable bonds is 4. The standard InChI is InChI=1S/C27H28Cl2N4O3/c1-27(2,3)23(31-24(34)22-10-15-6-4-5-7-21(15)30-22)26(36)33-14-17-12-18(33)13-32(17)25(35)19-11-16(28)8-9-20(19)29/h4-11,17-18,23,30H,12-14H2,1-3H3,(H,31,34)/t17-,18-,23?/m0/s1. The van der Waals surface area contributed by atoms with Gasteiger partial charge in [-0.05, 0) is 42.2 Å². The van der Waals surface area contributed by atoms with E-state index in [1.807, 2.05) is 49.9 Å². The number of hydrogen-bond donors (Lipinski definition) is 2. The van der Waals surface area contributed by atoms with Crippen LogP contribution in [0.3, 0.4) is 0 Å². The summed E-state index contributed by atoms with van der Waals surface area (Å²) in [4.78, 5) is 46.7. The van der Waals surface area contributed by atoms with E-state index in [-0.39, 0.29) is 29.8 Å². The van der Waals surface area contributed by atoms with Gasteiger partial charge >= 0.3 is 0 Å². The molecule has 0 spiro atoms. The van der Waals surface area contributed by atoms with Gasteiger partial charge in [-0.15, -0.1) is 0 Å². The third kappa shape index (κ3) is 4.46. The van der Waals surface area contributed by atoms with Gasteiger partial charge in [0.2, 0.25) is 5.91 Å². The highest BCUT2D eigenvalue weighted by Gasteiger charge is 2.50. The number of nitrogens with zero attached hydrogens (tertiary/aromatic N) is 2. The summed E-state index contributed by atoms with van der Waals surface area (Å²) in [6, 6.07) is 13.3. The van der Waals surface area contributed by atoms with Crippen molar-refractivity contribution < 1.29 is 14.4 Å². The van der Waals surface area contributed by atoms with Gasteiger partial charge in [0.25, 0.3) is 11.8 Å². The van der Waals surface area contributed by atoms with Crippen molar-refractivity contribution in [3.8, 4) is 0 Å². The van der Waals surface area contributed by atoms with Gasteiger partial charge in [-0.25, -0.2) is 0 Å². The Kier molecular flexibility index (Phi) is 6.25. The maximum atomic E-state index is 13.7. The van der Waals surface area contributed by atoms with Crippen molar-refractivity contribution in [2.75, 3.05) is 13.1 Å². The molecule has 2 fully saturated rings. The SMILES string of the molecule is CC(C)(C)C(NC(=O)c1cc2ccccc2[nH]1)C(=O)N1C[C@@H]2C[C@H]1CN2C(=O)c1cc(Cl)ccc1Cl. The van der Waals surface area contributed by atoms with Crippen molar-refractivity contribution in [1.29, 1.82) is 0 Å². The first-order valence-electron chi connectivity index (χ1n) is 12.0. The number of para-hydroxylation sites is 1. The molecule has 3 heterocycles. The number of aromatic nitrogens is 1. The minimum absolute atomic E-state index is 0.105. The predicted octanol–water partition coefficient (Wildman–Crippen LogP) is 4.74. The zero-order valence-corrected chi connectivity index (χ0v) is 21.9. The van der Waals surface area contributed by atoms with Gasteiger partial charge in [0.15, 0.2) is 0 Å². The number of benzene rings is 2. The zero-order chi connectivity index (χ0) is 25.8. The highest BCUT2D eigenvalue weighted by atomic mass is 35.5. The highest BCUT2D eigenvalue weighted by molar-refractivity contribution is 6.35. The molecule has 0 saturated carbocycles. The van der Waals surface area contributed by atoms with Gasteiger partial charge < -0.3 is 20.1 Å². The highest BCUT2D eigenvalue weighted by Crippen LogP contribution is 2.35. The third-order valence-corrected chi connectivity index (χ3v) is 7.67. The van der Waals surface area contributed by atoms with Crippen LogP contribution in [0.2, 0.25) is 10.0 Å². The molecule has 2 aliphatic rings. The van der Waals surface area contributed by atoms with Crippen molar-refractivity contribution >= 4 is 51.8 Å². The average molecular weight is 527 g/mol. The molecule has 7 nitrogen and oxygen atoms in total. The summed E-state index contributed by atoms with van der Waals surface area (Å²) in [6.07, 6.45) is 0.697. The molecule has 0 radical (unpaired) electrons. The second-order valence-corrected chi connectivity index (χ2v) is 11.5. The second-order valence-electron chi connectivity index (χ2n) is 10.7. The summed E-state index contributed by atoms with van der Waals surface area (Å²) in [6.45, 7) is 6.65. The van der Waals surface area contributed by atoms with E-state index in [0.29, 0.717) is 40.8 Å². The van der Waals surface area contributed by atoms with Crippen LogP contribution in [0.4, 0.5) is 0 Å². The number of hydrogen-bond acceptors (Lipinski definition) is 3. The molecule has 0 aliphatic carbocycles. The van der Waals surface area contributed by atoms with Gasteiger partial charge in [-0.1, -0.05) is 62.2 Å². The predicted molar refractivity (Wildman–Crippen MR) is 140 cm³/mol. The number of fused-ring (bicyclic) bond motifs is 3. The van der Waals surface area contributed by atoms with Crippen molar-refractivity contribution in [3.63, 3.8) is 0 Å². The number of nitrogens with one attached hydrogen (secondary N) is 2. The van der Waals surface area contributed by atoms with Crippen LogP contribution in [-0.2, 0) is 4.79 Å². The van der Waals surface area contributed by atoms with Crippen molar-refractivity contribution in [3.05, 3.63) is 69.8 Å². The molecule has 9 heteroatoms. The first-order chi connectivity index (χ1) is 17.0. The van der Waals surface area contributed by atoms with Crippen LogP contribution in [0.1, 0.15) is 48.0 Å². The molecular formula is C27H28Cl2N4O3. The van der Waals surface area contributed by atoms with Crippen LogP contribution < -0.4 is 5.32 Å². The molecule has 3 atom stereocenters. The average Bonchev–Trinajstić information content (AvgIpc) is 3.56. The van der Waals surface area contributed by atoms with E-state index in [4.69, 9.17) is 23.2 Å². The molecule has 36 heavy (non-hydrogen) atoms. The maximum Gasteiger partial charge on any atom is 0.268 e. The Balaban J connectivity index is 1.31. The lowest BCUT2D eigenvalue weighted by Gasteiger charge is -2.39. The van der Waals surface area contributed by atoms with Crippen LogP contribution in [0.15, 0.2) is 48.5 Å². The van der Waals surface area contributed by atoms with Gasteiger partial charge in [0.1, 0.15) is 11.7 Å². The smallest absolute Gasteiger partial charge is 0.268 e. The van der Waals surface area contributed by atoms with E-state index in [9.17, 15) is 14.4 Å². The zero-order valence-electron chi connectivity index (χ0n) is 20.3. The monoisotopic (exact) mass is 526 g/mol. The largest absolute Gasteiger partial charge is 0.351 e. The van der Waals surface area contributed by atoms with Crippen LogP contribution in [0.25, 0.3) is 10.9 Å². The van der Waals surface area contributed by atoms with Crippen molar-refractivity contribution in [2.24, 2.45) is 5.41 Å². The number of H-pyrrole nitrogens is 1. The lowest BCUT2D eigenvalue weighted by molar-refractivity contribution is -0.138. The minimum atomic E-state index is -0.720. The Hall–Kier alpha value is -3.03. The summed E-state index contributed by atoms with van der Waals surface area (Å²) < 4.78 is 0. The first kappa shape index (κ1) is 24.7. The molecule has 2 N–H and O–H groups in total. The summed E-state index contributed by atoms with van der Waals surface area (Å²) in [5, 5.41) is 4.70. The fourth-order valence-electron chi connectivity index (χ4n) is 5.22. The molecule has 3 aromatic rings. The molecule has 1 unspecified atom stereocenters. The molecule has 5 rings (SSSR count). The van der Waals surface area contributed by atoms with Crippen LogP contribution in [-0.4, -0.2) is 63.7 Å². The Labute approximate surface area is 219 Å². The summed E-state index contributed by atoms with van der Waals surface area (Å²) in [7, 11) is 0. The van der Waals surface area contributed by atoms with E-state index < -0.39 is 11.5 Å². The molecule has 2 aliphatic heterocycles. The van der Waals surface area contributed by atoms with Gasteiger partial charge in [-0.2, -0.15) is 0 Å². The number of aromatic amines is 1. The number of amides is 3. The Morgan fingerprint density at radius 3 is 2.36 bits per heavy atom. The fraction of sp³-hybridized carbons (Fsp3) is 0.370. The van der Waals surface area contributed by atoms with Crippen LogP contribution in [0.5, 0.6) is 0 Å². The lowest BCUT2D eigenvalue weighted by atomic mass is 9.85. The molecular weight excluding hydrogens is 499 g/mol. The maximum absolute atomic E-state index is 13.7. The first-order valence-corrected chi connectivity index (χ1v) is 12.7. The molecule has 1 aromatic heterocycles. The Morgan fingerprint density at radius 1 is 1.00 bits per heavy atom. The summed E-state index contributed by atoms with van der Waals surface area (Å²) >= 11 is 12.3. The topological polar surface area (TPSA) is 85.5 Å².